The fraction of sp³-hybridized carbons (Fsp3) is 0.217. The highest BCUT2D eigenvalue weighted by atomic mass is 16.2. The van der Waals surface area contributed by atoms with Gasteiger partial charge in [-0.25, -0.2) is 0 Å². The summed E-state index contributed by atoms with van der Waals surface area (Å²) in [6, 6.07) is 18.6. The number of nitrogens with one attached hydrogen (secondary N) is 2. The fourth-order valence-corrected chi connectivity index (χ4v) is 3.19. The smallest absolute Gasteiger partial charge is 0.256 e. The van der Waals surface area contributed by atoms with E-state index in [1.165, 1.54) is 10.6 Å². The van der Waals surface area contributed by atoms with E-state index in [9.17, 15) is 9.59 Å². The predicted molar refractivity (Wildman–Crippen MR) is 116 cm³/mol. The van der Waals surface area contributed by atoms with Gasteiger partial charge in [-0.3, -0.25) is 14.6 Å². The number of rotatable bonds is 4. The lowest BCUT2D eigenvalue weighted by Gasteiger charge is -2.19. The second-order valence-electron chi connectivity index (χ2n) is 8.23. The SMILES string of the molecule is CC(C)(C)c1ccc(C(=O)Nc2cc(=O)[nH]c3nc(Cc4ccccc4)nn23)cc1. The van der Waals surface area contributed by atoms with E-state index >= 15 is 0 Å². The Kier molecular flexibility index (Phi) is 4.95. The summed E-state index contributed by atoms with van der Waals surface area (Å²) < 4.78 is 1.45. The zero-order chi connectivity index (χ0) is 21.3. The summed E-state index contributed by atoms with van der Waals surface area (Å²) in [5.74, 6) is 0.785. The molecule has 0 atom stereocenters. The molecule has 0 aliphatic rings. The molecule has 0 fully saturated rings. The van der Waals surface area contributed by atoms with Gasteiger partial charge >= 0.3 is 0 Å². The molecule has 0 aliphatic carbocycles. The molecule has 0 saturated heterocycles. The number of aromatic amines is 1. The molecule has 0 unspecified atom stereocenters. The van der Waals surface area contributed by atoms with Crippen molar-refractivity contribution in [2.24, 2.45) is 0 Å². The molecule has 0 bridgehead atoms. The van der Waals surface area contributed by atoms with Crippen LogP contribution in [0.5, 0.6) is 0 Å². The topological polar surface area (TPSA) is 92.1 Å². The molecule has 4 aromatic rings. The number of nitrogens with zero attached hydrogens (tertiary/aromatic N) is 3. The maximum atomic E-state index is 12.7. The second-order valence-corrected chi connectivity index (χ2v) is 8.23. The van der Waals surface area contributed by atoms with Gasteiger partial charge in [0.2, 0.25) is 5.78 Å². The van der Waals surface area contributed by atoms with E-state index in [0.717, 1.165) is 11.1 Å². The highest BCUT2D eigenvalue weighted by Crippen LogP contribution is 2.22. The third kappa shape index (κ3) is 4.15. The molecule has 0 radical (unpaired) electrons. The first-order valence-corrected chi connectivity index (χ1v) is 9.74. The van der Waals surface area contributed by atoms with Crippen LogP contribution in [0.4, 0.5) is 5.82 Å². The van der Waals surface area contributed by atoms with Crippen LogP contribution in [-0.2, 0) is 11.8 Å². The number of H-pyrrole nitrogens is 1. The molecule has 0 aliphatic heterocycles. The molecule has 1 amide bonds. The van der Waals surface area contributed by atoms with E-state index < -0.39 is 0 Å². The minimum Gasteiger partial charge on any atom is -0.306 e. The molecule has 2 aromatic carbocycles. The molecule has 2 aromatic heterocycles. The van der Waals surface area contributed by atoms with Crippen molar-refractivity contribution >= 4 is 17.5 Å². The lowest BCUT2D eigenvalue weighted by molar-refractivity contribution is 0.102. The molecule has 4 rings (SSSR count). The number of anilines is 1. The average Bonchev–Trinajstić information content (AvgIpc) is 3.10. The van der Waals surface area contributed by atoms with Crippen LogP contribution in [0.25, 0.3) is 5.78 Å². The Morgan fingerprint density at radius 2 is 1.77 bits per heavy atom. The van der Waals surface area contributed by atoms with E-state index in [1.54, 1.807) is 12.1 Å². The molecule has 7 nitrogen and oxygen atoms in total. The van der Waals surface area contributed by atoms with Gasteiger partial charge in [0.25, 0.3) is 11.5 Å². The zero-order valence-electron chi connectivity index (χ0n) is 17.1. The first kappa shape index (κ1) is 19.6. The summed E-state index contributed by atoms with van der Waals surface area (Å²) in [6.45, 7) is 6.35. The van der Waals surface area contributed by atoms with E-state index in [4.69, 9.17) is 0 Å². The Morgan fingerprint density at radius 1 is 1.07 bits per heavy atom. The minimum absolute atomic E-state index is 0.00375. The maximum absolute atomic E-state index is 12.7. The van der Waals surface area contributed by atoms with Crippen LogP contribution in [0.1, 0.15) is 48.1 Å². The van der Waals surface area contributed by atoms with Crippen LogP contribution in [-0.4, -0.2) is 25.5 Å². The normalized spacial score (nSPS) is 11.6. The second kappa shape index (κ2) is 7.59. The van der Waals surface area contributed by atoms with Gasteiger partial charge in [0.15, 0.2) is 5.82 Å². The highest BCUT2D eigenvalue weighted by Gasteiger charge is 2.16. The van der Waals surface area contributed by atoms with E-state index in [1.807, 2.05) is 42.5 Å². The van der Waals surface area contributed by atoms with Gasteiger partial charge in [0.05, 0.1) is 0 Å². The average molecular weight is 401 g/mol. The molecular formula is C23H23N5O2. The van der Waals surface area contributed by atoms with Crippen LogP contribution in [0.2, 0.25) is 0 Å². The van der Waals surface area contributed by atoms with Crippen molar-refractivity contribution in [2.75, 3.05) is 5.32 Å². The summed E-state index contributed by atoms with van der Waals surface area (Å²) in [5.41, 5.74) is 2.34. The van der Waals surface area contributed by atoms with Crippen LogP contribution >= 0.6 is 0 Å². The van der Waals surface area contributed by atoms with Crippen LogP contribution in [0.15, 0.2) is 65.5 Å². The summed E-state index contributed by atoms with van der Waals surface area (Å²) >= 11 is 0. The molecular weight excluding hydrogens is 378 g/mol. The largest absolute Gasteiger partial charge is 0.306 e. The van der Waals surface area contributed by atoms with Crippen LogP contribution < -0.4 is 10.9 Å². The van der Waals surface area contributed by atoms with Gasteiger partial charge in [0, 0.05) is 18.1 Å². The van der Waals surface area contributed by atoms with E-state index in [2.05, 4.69) is 41.2 Å². The Morgan fingerprint density at radius 3 is 2.43 bits per heavy atom. The Balaban J connectivity index is 1.62. The first-order valence-electron chi connectivity index (χ1n) is 9.74. The first-order chi connectivity index (χ1) is 14.3. The molecule has 152 valence electrons. The number of fused-ring (bicyclic) bond motifs is 1. The molecule has 0 spiro atoms. The highest BCUT2D eigenvalue weighted by molar-refractivity contribution is 6.03. The number of aromatic nitrogens is 4. The Bertz CT molecular complexity index is 1250. The van der Waals surface area contributed by atoms with Crippen molar-refractivity contribution in [2.45, 2.75) is 32.6 Å². The Hall–Kier alpha value is -3.74. The number of hydrogen-bond donors (Lipinski definition) is 2. The molecule has 2 heterocycles. The molecule has 2 N–H and O–H groups in total. The van der Waals surface area contributed by atoms with E-state index in [0.29, 0.717) is 17.8 Å². The summed E-state index contributed by atoms with van der Waals surface area (Å²) in [5, 5.41) is 7.24. The summed E-state index contributed by atoms with van der Waals surface area (Å²) in [7, 11) is 0. The van der Waals surface area contributed by atoms with Crippen LogP contribution in [0.3, 0.4) is 0 Å². The van der Waals surface area contributed by atoms with Gasteiger partial charge in [-0.05, 0) is 28.7 Å². The van der Waals surface area contributed by atoms with Gasteiger partial charge in [-0.2, -0.15) is 9.50 Å². The number of carbonyl (C=O) groups excluding carboxylic acids is 1. The van der Waals surface area contributed by atoms with Crippen molar-refractivity contribution in [1.82, 2.24) is 19.6 Å². The lowest BCUT2D eigenvalue weighted by Crippen LogP contribution is -2.19. The number of hydrogen-bond acceptors (Lipinski definition) is 4. The minimum atomic E-state index is -0.362. The van der Waals surface area contributed by atoms with Crippen molar-refractivity contribution in [3.05, 3.63) is 93.5 Å². The standard InChI is InChI=1S/C23H23N5O2/c1-23(2,3)17-11-9-16(10-12-17)21(30)25-19-14-20(29)26-22-24-18(27-28(19)22)13-15-7-5-4-6-8-15/h4-12,14H,13H2,1-3H3,(H,25,30)(H,24,26,27,29). The fourth-order valence-electron chi connectivity index (χ4n) is 3.19. The van der Waals surface area contributed by atoms with Crippen molar-refractivity contribution in [3.63, 3.8) is 0 Å². The summed E-state index contributed by atoms with van der Waals surface area (Å²) in [4.78, 5) is 31.8. The monoisotopic (exact) mass is 401 g/mol. The number of amides is 1. The predicted octanol–water partition coefficient (Wildman–Crippen LogP) is 3.56. The summed E-state index contributed by atoms with van der Waals surface area (Å²) in [6.07, 6.45) is 0.520. The third-order valence-electron chi connectivity index (χ3n) is 4.84. The zero-order valence-corrected chi connectivity index (χ0v) is 17.1. The van der Waals surface area contributed by atoms with Crippen LogP contribution in [0, 0.1) is 0 Å². The van der Waals surface area contributed by atoms with Crippen molar-refractivity contribution in [3.8, 4) is 0 Å². The number of benzene rings is 2. The lowest BCUT2D eigenvalue weighted by atomic mass is 9.87. The van der Waals surface area contributed by atoms with Gasteiger partial charge in [-0.1, -0.05) is 63.2 Å². The van der Waals surface area contributed by atoms with Gasteiger partial charge in [0.1, 0.15) is 5.82 Å². The molecule has 30 heavy (non-hydrogen) atoms. The number of carbonyl (C=O) groups is 1. The van der Waals surface area contributed by atoms with Crippen molar-refractivity contribution in [1.29, 1.82) is 0 Å². The van der Waals surface area contributed by atoms with E-state index in [-0.39, 0.29) is 28.5 Å². The quantitative estimate of drug-likeness (QED) is 0.547. The molecule has 7 heteroatoms. The van der Waals surface area contributed by atoms with Crippen molar-refractivity contribution < 1.29 is 4.79 Å². The Labute approximate surface area is 173 Å². The maximum Gasteiger partial charge on any atom is 0.256 e. The van der Waals surface area contributed by atoms with Gasteiger partial charge in [-0.15, -0.1) is 5.10 Å². The van der Waals surface area contributed by atoms with Gasteiger partial charge < -0.3 is 5.32 Å². The third-order valence-corrected chi connectivity index (χ3v) is 4.84. The molecule has 0 saturated carbocycles.